The smallest absolute Gasteiger partial charge is 0.261 e. The average molecular weight is 230 g/mol. The van der Waals surface area contributed by atoms with Gasteiger partial charge in [0, 0.05) is 11.7 Å². The number of anilines is 1. The Labute approximate surface area is 99.4 Å². The fraction of sp³-hybridized carbons (Fsp3) is 0.385. The molecular weight excluding hydrogens is 216 g/mol. The molecule has 1 aliphatic carbocycles. The Hall–Kier alpha value is -1.84. The fourth-order valence-corrected chi connectivity index (χ4v) is 2.68. The number of amides is 2. The highest BCUT2D eigenvalue weighted by molar-refractivity contribution is 6.22. The van der Waals surface area contributed by atoms with Crippen molar-refractivity contribution >= 4 is 17.5 Å². The van der Waals surface area contributed by atoms with Crippen LogP contribution in [0, 0.1) is 5.92 Å². The Morgan fingerprint density at radius 1 is 1.18 bits per heavy atom. The lowest BCUT2D eigenvalue weighted by molar-refractivity contribution is 0.0436. The highest BCUT2D eigenvalue weighted by Gasteiger charge is 2.43. The Morgan fingerprint density at radius 2 is 1.82 bits per heavy atom. The van der Waals surface area contributed by atoms with Gasteiger partial charge in [-0.1, -0.05) is 6.92 Å². The molecule has 1 aromatic carbocycles. The average Bonchev–Trinajstić information content (AvgIpc) is 2.48. The van der Waals surface area contributed by atoms with Crippen LogP contribution in [0.3, 0.4) is 0 Å². The van der Waals surface area contributed by atoms with E-state index in [0.717, 1.165) is 12.8 Å². The first-order valence-electron chi connectivity index (χ1n) is 5.85. The zero-order valence-corrected chi connectivity index (χ0v) is 9.64. The molecule has 0 saturated heterocycles. The minimum atomic E-state index is -0.186. The molecule has 17 heavy (non-hydrogen) atoms. The number of imide groups is 1. The fourth-order valence-electron chi connectivity index (χ4n) is 2.68. The second kappa shape index (κ2) is 3.32. The van der Waals surface area contributed by atoms with Gasteiger partial charge in [-0.2, -0.15) is 0 Å². The van der Waals surface area contributed by atoms with Crippen LogP contribution < -0.4 is 5.73 Å². The number of hydrogen-bond donors (Lipinski definition) is 1. The number of benzene rings is 1. The van der Waals surface area contributed by atoms with Crippen LogP contribution in [0.2, 0.25) is 0 Å². The maximum Gasteiger partial charge on any atom is 0.261 e. The SMILES string of the molecule is CC1CC(N2C(=O)c3ccc(N)cc3C2=O)C1. The second-order valence-corrected chi connectivity index (χ2v) is 5.02. The normalized spacial score (nSPS) is 27.0. The summed E-state index contributed by atoms with van der Waals surface area (Å²) in [4.78, 5) is 25.7. The number of nitrogens with two attached hydrogens (primary N) is 1. The number of nitrogen functional groups attached to an aromatic ring is 1. The minimum absolute atomic E-state index is 0.0821. The molecule has 1 fully saturated rings. The molecule has 0 bridgehead atoms. The van der Waals surface area contributed by atoms with Crippen LogP contribution in [0.25, 0.3) is 0 Å². The van der Waals surface area contributed by atoms with Crippen molar-refractivity contribution in [2.24, 2.45) is 5.92 Å². The molecule has 1 aromatic rings. The summed E-state index contributed by atoms with van der Waals surface area (Å²) in [5.41, 5.74) is 7.11. The highest BCUT2D eigenvalue weighted by Crippen LogP contribution is 2.36. The quantitative estimate of drug-likeness (QED) is 0.589. The largest absolute Gasteiger partial charge is 0.399 e. The summed E-state index contributed by atoms with van der Waals surface area (Å²) in [6, 6.07) is 4.99. The molecule has 0 atom stereocenters. The third-order valence-electron chi connectivity index (χ3n) is 3.66. The van der Waals surface area contributed by atoms with Gasteiger partial charge in [0.2, 0.25) is 0 Å². The highest BCUT2D eigenvalue weighted by atomic mass is 16.2. The van der Waals surface area contributed by atoms with E-state index in [-0.39, 0.29) is 17.9 Å². The first-order chi connectivity index (χ1) is 8.08. The van der Waals surface area contributed by atoms with Crippen molar-refractivity contribution in [1.82, 2.24) is 4.90 Å². The standard InChI is InChI=1S/C13H14N2O2/c1-7-4-9(5-7)15-12(16)10-3-2-8(14)6-11(10)13(15)17/h2-3,6-7,9H,4-5,14H2,1H3. The van der Waals surface area contributed by atoms with Crippen molar-refractivity contribution in [2.45, 2.75) is 25.8 Å². The van der Waals surface area contributed by atoms with E-state index in [1.165, 1.54) is 4.90 Å². The summed E-state index contributed by atoms with van der Waals surface area (Å²) in [5, 5.41) is 0. The second-order valence-electron chi connectivity index (χ2n) is 5.02. The molecule has 2 amide bonds. The van der Waals surface area contributed by atoms with E-state index in [4.69, 9.17) is 5.73 Å². The zero-order chi connectivity index (χ0) is 12.2. The molecule has 4 heteroatoms. The van der Waals surface area contributed by atoms with Gasteiger partial charge in [0.15, 0.2) is 0 Å². The molecule has 0 unspecified atom stereocenters. The van der Waals surface area contributed by atoms with Crippen LogP contribution in [0.4, 0.5) is 5.69 Å². The molecule has 0 spiro atoms. The van der Waals surface area contributed by atoms with Crippen LogP contribution in [-0.4, -0.2) is 22.8 Å². The molecule has 3 rings (SSSR count). The topological polar surface area (TPSA) is 63.4 Å². The number of rotatable bonds is 1. The summed E-state index contributed by atoms with van der Waals surface area (Å²) >= 11 is 0. The van der Waals surface area contributed by atoms with Gasteiger partial charge in [-0.3, -0.25) is 14.5 Å². The van der Waals surface area contributed by atoms with E-state index >= 15 is 0 Å². The van der Waals surface area contributed by atoms with Gasteiger partial charge in [0.25, 0.3) is 11.8 Å². The Balaban J connectivity index is 1.97. The molecule has 0 radical (unpaired) electrons. The van der Waals surface area contributed by atoms with Crippen molar-refractivity contribution in [3.05, 3.63) is 29.3 Å². The first kappa shape index (κ1) is 10.3. The molecule has 1 saturated carbocycles. The van der Waals surface area contributed by atoms with Gasteiger partial charge in [0.05, 0.1) is 11.1 Å². The van der Waals surface area contributed by atoms with E-state index in [9.17, 15) is 9.59 Å². The number of carbonyl (C=O) groups is 2. The van der Waals surface area contributed by atoms with Crippen LogP contribution in [0.1, 0.15) is 40.5 Å². The number of fused-ring (bicyclic) bond motifs is 1. The summed E-state index contributed by atoms with van der Waals surface area (Å²) in [7, 11) is 0. The number of nitrogens with zero attached hydrogens (tertiary/aromatic N) is 1. The molecule has 2 N–H and O–H groups in total. The predicted octanol–water partition coefficient (Wildman–Crippen LogP) is 1.66. The van der Waals surface area contributed by atoms with Crippen molar-refractivity contribution in [3.63, 3.8) is 0 Å². The molecule has 1 aliphatic heterocycles. The maximum atomic E-state index is 12.1. The van der Waals surface area contributed by atoms with Crippen LogP contribution in [0.15, 0.2) is 18.2 Å². The predicted molar refractivity (Wildman–Crippen MR) is 63.5 cm³/mol. The summed E-state index contributed by atoms with van der Waals surface area (Å²) in [6.45, 7) is 2.13. The van der Waals surface area contributed by atoms with E-state index < -0.39 is 0 Å². The van der Waals surface area contributed by atoms with Crippen LogP contribution in [0.5, 0.6) is 0 Å². The lowest BCUT2D eigenvalue weighted by atomic mass is 9.81. The molecule has 2 aliphatic rings. The van der Waals surface area contributed by atoms with Gasteiger partial charge < -0.3 is 5.73 Å². The maximum absolute atomic E-state index is 12.1. The Morgan fingerprint density at radius 3 is 2.47 bits per heavy atom. The molecule has 88 valence electrons. The third-order valence-corrected chi connectivity index (χ3v) is 3.66. The van der Waals surface area contributed by atoms with Crippen molar-refractivity contribution in [3.8, 4) is 0 Å². The Bertz CT molecular complexity index is 518. The van der Waals surface area contributed by atoms with Gasteiger partial charge in [-0.25, -0.2) is 0 Å². The summed E-state index contributed by atoms with van der Waals surface area (Å²) in [6.07, 6.45) is 1.84. The molecule has 4 nitrogen and oxygen atoms in total. The molecular formula is C13H14N2O2. The lowest BCUT2D eigenvalue weighted by Gasteiger charge is -2.38. The molecule has 0 aromatic heterocycles. The minimum Gasteiger partial charge on any atom is -0.399 e. The summed E-state index contributed by atoms with van der Waals surface area (Å²) < 4.78 is 0. The van der Waals surface area contributed by atoms with E-state index in [1.807, 2.05) is 0 Å². The van der Waals surface area contributed by atoms with Crippen molar-refractivity contribution in [2.75, 3.05) is 5.73 Å². The number of carbonyl (C=O) groups excluding carboxylic acids is 2. The van der Waals surface area contributed by atoms with E-state index in [0.29, 0.717) is 22.7 Å². The Kier molecular flexibility index (Phi) is 2.02. The van der Waals surface area contributed by atoms with Gasteiger partial charge in [-0.05, 0) is 37.0 Å². The zero-order valence-electron chi connectivity index (χ0n) is 9.64. The van der Waals surface area contributed by atoms with E-state index in [1.54, 1.807) is 18.2 Å². The van der Waals surface area contributed by atoms with Gasteiger partial charge in [-0.15, -0.1) is 0 Å². The lowest BCUT2D eigenvalue weighted by Crippen LogP contribution is -2.46. The number of hydrogen-bond acceptors (Lipinski definition) is 3. The van der Waals surface area contributed by atoms with Gasteiger partial charge >= 0.3 is 0 Å². The monoisotopic (exact) mass is 230 g/mol. The van der Waals surface area contributed by atoms with Crippen LogP contribution in [-0.2, 0) is 0 Å². The van der Waals surface area contributed by atoms with Crippen molar-refractivity contribution < 1.29 is 9.59 Å². The molecule has 1 heterocycles. The third kappa shape index (κ3) is 1.37. The first-order valence-corrected chi connectivity index (χ1v) is 5.85. The van der Waals surface area contributed by atoms with Crippen molar-refractivity contribution in [1.29, 1.82) is 0 Å². The van der Waals surface area contributed by atoms with Crippen LogP contribution >= 0.6 is 0 Å². The van der Waals surface area contributed by atoms with Gasteiger partial charge in [0.1, 0.15) is 0 Å². The summed E-state index contributed by atoms with van der Waals surface area (Å²) in [5.74, 6) is 0.255. The van der Waals surface area contributed by atoms with E-state index in [2.05, 4.69) is 6.92 Å².